The normalized spacial score (nSPS) is 10.1. The maximum atomic E-state index is 10.9. The third kappa shape index (κ3) is 2.90. The molecule has 0 atom stereocenters. The number of carbonyl (C=O) groups excluding carboxylic acids is 1. The number of phenols is 1. The Morgan fingerprint density at radius 2 is 1.94 bits per heavy atom. The van der Waals surface area contributed by atoms with Crippen molar-refractivity contribution in [1.29, 1.82) is 0 Å². The van der Waals surface area contributed by atoms with Crippen molar-refractivity contribution in [2.24, 2.45) is 0 Å². The smallest absolute Gasteiger partial charge is 0.157 e. The Morgan fingerprint density at radius 1 is 1.22 bits per heavy atom. The molecule has 92 valence electrons. The Hall–Kier alpha value is -1.81. The Balaban J connectivity index is 2.21. The highest BCUT2D eigenvalue weighted by molar-refractivity contribution is 9.10. The molecule has 0 aliphatic heterocycles. The lowest BCUT2D eigenvalue weighted by Gasteiger charge is -2.10. The van der Waals surface area contributed by atoms with Crippen molar-refractivity contribution in [1.82, 2.24) is 0 Å². The van der Waals surface area contributed by atoms with Crippen LogP contribution in [-0.4, -0.2) is 11.4 Å². The first kappa shape index (κ1) is 12.6. The largest absolute Gasteiger partial charge is 0.507 e. The molecule has 0 radical (unpaired) electrons. The molecule has 0 amide bonds. The Bertz CT molecular complexity index is 552. The molecular weight excluding hydrogens is 296 g/mol. The first-order valence-electron chi connectivity index (χ1n) is 5.35. The van der Waals surface area contributed by atoms with Crippen LogP contribution in [0.1, 0.15) is 15.9 Å². The van der Waals surface area contributed by atoms with Gasteiger partial charge in [-0.2, -0.15) is 0 Å². The molecule has 0 heterocycles. The highest BCUT2D eigenvalue weighted by atomic mass is 79.9. The topological polar surface area (TPSA) is 46.5 Å². The fourth-order valence-electron chi connectivity index (χ4n) is 1.55. The van der Waals surface area contributed by atoms with Crippen LogP contribution in [0.2, 0.25) is 0 Å². The number of hydrogen-bond acceptors (Lipinski definition) is 3. The summed E-state index contributed by atoms with van der Waals surface area (Å²) in [5, 5.41) is 9.63. The minimum absolute atomic E-state index is 0.0950. The van der Waals surface area contributed by atoms with Crippen molar-refractivity contribution in [3.8, 4) is 11.5 Å². The van der Waals surface area contributed by atoms with E-state index in [1.807, 2.05) is 30.3 Å². The van der Waals surface area contributed by atoms with Crippen LogP contribution >= 0.6 is 15.9 Å². The number of halogens is 1. The van der Waals surface area contributed by atoms with Gasteiger partial charge in [0, 0.05) is 4.47 Å². The zero-order chi connectivity index (χ0) is 13.0. The molecule has 0 bridgehead atoms. The quantitative estimate of drug-likeness (QED) is 0.879. The van der Waals surface area contributed by atoms with Crippen LogP contribution in [0.3, 0.4) is 0 Å². The maximum Gasteiger partial charge on any atom is 0.157 e. The molecule has 2 aromatic carbocycles. The van der Waals surface area contributed by atoms with Gasteiger partial charge in [-0.25, -0.2) is 0 Å². The lowest BCUT2D eigenvalue weighted by atomic mass is 10.2. The van der Waals surface area contributed by atoms with Crippen LogP contribution in [0.25, 0.3) is 0 Å². The van der Waals surface area contributed by atoms with Crippen molar-refractivity contribution in [3.63, 3.8) is 0 Å². The number of ether oxygens (including phenoxy) is 1. The van der Waals surface area contributed by atoms with E-state index in [0.717, 1.165) is 5.56 Å². The molecule has 1 N–H and O–H groups in total. The van der Waals surface area contributed by atoms with Crippen LogP contribution in [0.5, 0.6) is 11.5 Å². The predicted octanol–water partition coefficient (Wildman–Crippen LogP) is 3.55. The Labute approximate surface area is 113 Å². The molecule has 18 heavy (non-hydrogen) atoms. The van der Waals surface area contributed by atoms with E-state index < -0.39 is 0 Å². The fourth-order valence-corrected chi connectivity index (χ4v) is 1.98. The zero-order valence-corrected chi connectivity index (χ0v) is 11.1. The molecule has 0 saturated carbocycles. The summed E-state index contributed by atoms with van der Waals surface area (Å²) in [6.07, 6.45) is 0.585. The van der Waals surface area contributed by atoms with E-state index >= 15 is 0 Å². The summed E-state index contributed by atoms with van der Waals surface area (Å²) in [6.45, 7) is 0.345. The number of hydrogen-bond donors (Lipinski definition) is 1. The minimum atomic E-state index is -0.0950. The van der Waals surface area contributed by atoms with Gasteiger partial charge in [0.2, 0.25) is 0 Å². The van der Waals surface area contributed by atoms with E-state index in [0.29, 0.717) is 23.1 Å². The molecule has 0 aromatic heterocycles. The van der Waals surface area contributed by atoms with Gasteiger partial charge in [0.1, 0.15) is 18.1 Å². The summed E-state index contributed by atoms with van der Waals surface area (Å²) in [5.41, 5.74) is 1.16. The maximum absolute atomic E-state index is 10.9. The van der Waals surface area contributed by atoms with Gasteiger partial charge in [-0.15, -0.1) is 0 Å². The number of aromatic hydroxyl groups is 1. The number of benzene rings is 2. The van der Waals surface area contributed by atoms with E-state index in [1.54, 1.807) is 6.07 Å². The standard InChI is InChI=1S/C14H11BrO3/c15-11-6-13(17)12(8-16)14(7-11)18-9-10-4-2-1-3-5-10/h1-8,17H,9H2. The summed E-state index contributed by atoms with van der Waals surface area (Å²) in [6, 6.07) is 12.7. The zero-order valence-electron chi connectivity index (χ0n) is 9.47. The highest BCUT2D eigenvalue weighted by Gasteiger charge is 2.10. The van der Waals surface area contributed by atoms with Gasteiger partial charge in [-0.3, -0.25) is 4.79 Å². The molecule has 0 aliphatic rings. The molecule has 4 heteroatoms. The first-order chi connectivity index (χ1) is 8.70. The predicted molar refractivity (Wildman–Crippen MR) is 72.0 cm³/mol. The van der Waals surface area contributed by atoms with Crippen molar-refractivity contribution in [3.05, 3.63) is 58.1 Å². The number of phenolic OH excluding ortho intramolecular Hbond substituents is 1. The van der Waals surface area contributed by atoms with Crippen molar-refractivity contribution in [2.75, 3.05) is 0 Å². The highest BCUT2D eigenvalue weighted by Crippen LogP contribution is 2.31. The van der Waals surface area contributed by atoms with Crippen LogP contribution in [-0.2, 0) is 6.61 Å². The van der Waals surface area contributed by atoms with E-state index in [1.165, 1.54) is 6.07 Å². The first-order valence-corrected chi connectivity index (χ1v) is 6.14. The molecule has 0 fully saturated rings. The van der Waals surface area contributed by atoms with Crippen molar-refractivity contribution < 1.29 is 14.6 Å². The SMILES string of the molecule is O=Cc1c(O)cc(Br)cc1OCc1ccccc1. The van der Waals surface area contributed by atoms with E-state index in [-0.39, 0.29) is 11.3 Å². The van der Waals surface area contributed by atoms with Crippen LogP contribution in [0, 0.1) is 0 Å². The number of rotatable bonds is 4. The molecule has 2 rings (SSSR count). The third-order valence-corrected chi connectivity index (χ3v) is 2.90. The second kappa shape index (κ2) is 5.69. The summed E-state index contributed by atoms with van der Waals surface area (Å²) >= 11 is 3.25. The third-order valence-electron chi connectivity index (χ3n) is 2.44. The second-order valence-electron chi connectivity index (χ2n) is 3.73. The summed E-state index contributed by atoms with van der Waals surface area (Å²) in [4.78, 5) is 10.9. The van der Waals surface area contributed by atoms with Crippen molar-refractivity contribution >= 4 is 22.2 Å². The molecule has 0 spiro atoms. The van der Waals surface area contributed by atoms with Crippen molar-refractivity contribution in [2.45, 2.75) is 6.61 Å². The van der Waals surface area contributed by atoms with Gasteiger partial charge in [0.05, 0.1) is 5.56 Å². The van der Waals surface area contributed by atoms with Crippen LogP contribution in [0.4, 0.5) is 0 Å². The monoisotopic (exact) mass is 306 g/mol. The van der Waals surface area contributed by atoms with E-state index in [4.69, 9.17) is 4.74 Å². The van der Waals surface area contributed by atoms with E-state index in [2.05, 4.69) is 15.9 Å². The summed E-state index contributed by atoms with van der Waals surface area (Å²) < 4.78 is 6.22. The van der Waals surface area contributed by atoms with Gasteiger partial charge in [-0.1, -0.05) is 46.3 Å². The number of aldehydes is 1. The van der Waals surface area contributed by atoms with Gasteiger partial charge < -0.3 is 9.84 Å². The van der Waals surface area contributed by atoms with Crippen LogP contribution in [0.15, 0.2) is 46.9 Å². The van der Waals surface area contributed by atoms with Gasteiger partial charge in [0.25, 0.3) is 0 Å². The fraction of sp³-hybridized carbons (Fsp3) is 0.0714. The molecular formula is C14H11BrO3. The lowest BCUT2D eigenvalue weighted by Crippen LogP contribution is -1.98. The second-order valence-corrected chi connectivity index (χ2v) is 4.64. The summed E-state index contributed by atoms with van der Waals surface area (Å²) in [5.74, 6) is 0.267. The lowest BCUT2D eigenvalue weighted by molar-refractivity contribution is 0.111. The molecule has 0 aliphatic carbocycles. The Kier molecular flexibility index (Phi) is 3.99. The van der Waals surface area contributed by atoms with E-state index in [9.17, 15) is 9.90 Å². The average molecular weight is 307 g/mol. The minimum Gasteiger partial charge on any atom is -0.507 e. The van der Waals surface area contributed by atoms with Gasteiger partial charge >= 0.3 is 0 Å². The van der Waals surface area contributed by atoms with Gasteiger partial charge in [0.15, 0.2) is 6.29 Å². The molecule has 0 unspecified atom stereocenters. The molecule has 3 nitrogen and oxygen atoms in total. The summed E-state index contributed by atoms with van der Waals surface area (Å²) in [7, 11) is 0. The number of carbonyl (C=O) groups is 1. The Morgan fingerprint density at radius 3 is 2.61 bits per heavy atom. The average Bonchev–Trinajstić information content (AvgIpc) is 2.37. The molecule has 0 saturated heterocycles. The van der Waals surface area contributed by atoms with Crippen LogP contribution < -0.4 is 4.74 Å². The van der Waals surface area contributed by atoms with Gasteiger partial charge in [-0.05, 0) is 17.7 Å². The molecule has 2 aromatic rings.